The number of allylic oxidation sites excluding steroid dienone is 2. The maximum Gasteiger partial charge on any atom is 0.336 e. The topological polar surface area (TPSA) is 90.4 Å². The molecule has 3 rings (SSSR count). The van der Waals surface area contributed by atoms with Gasteiger partial charge >= 0.3 is 11.9 Å². The van der Waals surface area contributed by atoms with Crippen molar-refractivity contribution in [2.75, 3.05) is 13.2 Å². The SMILES string of the molecule is CC1=C(C(=O)OCCCc2cccnc2)C(CC(C)C)C(C(=O)OCCCc2cccnc2)=C(C)N1. The molecule has 3 heterocycles. The van der Waals surface area contributed by atoms with Crippen LogP contribution in [0.2, 0.25) is 0 Å². The Morgan fingerprint density at radius 2 is 1.33 bits per heavy atom. The van der Waals surface area contributed by atoms with Gasteiger partial charge in [-0.1, -0.05) is 26.0 Å². The Morgan fingerprint density at radius 3 is 1.72 bits per heavy atom. The molecule has 7 heteroatoms. The number of carbonyl (C=O) groups excluding carboxylic acids is 2. The number of dihydropyridines is 1. The second-order valence-corrected chi connectivity index (χ2v) is 9.59. The van der Waals surface area contributed by atoms with Crippen LogP contribution in [0.25, 0.3) is 0 Å². The lowest BCUT2D eigenvalue weighted by atomic mass is 9.80. The van der Waals surface area contributed by atoms with E-state index in [4.69, 9.17) is 9.47 Å². The van der Waals surface area contributed by atoms with Crippen molar-refractivity contribution in [3.63, 3.8) is 0 Å². The number of rotatable bonds is 12. The number of hydrogen-bond donors (Lipinski definition) is 1. The summed E-state index contributed by atoms with van der Waals surface area (Å²) in [5.41, 5.74) is 4.68. The van der Waals surface area contributed by atoms with Gasteiger partial charge in [-0.15, -0.1) is 0 Å². The predicted octanol–water partition coefficient (Wildman–Crippen LogP) is 4.94. The van der Waals surface area contributed by atoms with E-state index in [0.29, 0.717) is 43.6 Å². The fraction of sp³-hybridized carbons (Fsp3) is 0.448. The van der Waals surface area contributed by atoms with Gasteiger partial charge < -0.3 is 14.8 Å². The number of ether oxygens (including phenoxy) is 2. The largest absolute Gasteiger partial charge is 0.462 e. The van der Waals surface area contributed by atoms with Crippen LogP contribution in [0.4, 0.5) is 0 Å². The fourth-order valence-corrected chi connectivity index (χ4v) is 4.51. The van der Waals surface area contributed by atoms with E-state index in [1.807, 2.05) is 50.5 Å². The van der Waals surface area contributed by atoms with Crippen LogP contribution in [0, 0.1) is 11.8 Å². The van der Waals surface area contributed by atoms with Crippen molar-refractivity contribution in [1.82, 2.24) is 15.3 Å². The highest BCUT2D eigenvalue weighted by atomic mass is 16.5. The molecule has 0 radical (unpaired) electrons. The number of aryl methyl sites for hydroxylation is 2. The van der Waals surface area contributed by atoms with Gasteiger partial charge in [-0.2, -0.15) is 0 Å². The molecular formula is C29H37N3O4. The Kier molecular flexibility index (Phi) is 10.2. The summed E-state index contributed by atoms with van der Waals surface area (Å²) >= 11 is 0. The summed E-state index contributed by atoms with van der Waals surface area (Å²) in [5, 5.41) is 3.22. The lowest BCUT2D eigenvalue weighted by Crippen LogP contribution is -2.34. The quantitative estimate of drug-likeness (QED) is 0.332. The van der Waals surface area contributed by atoms with Crippen molar-refractivity contribution < 1.29 is 19.1 Å². The van der Waals surface area contributed by atoms with Crippen LogP contribution in [0.5, 0.6) is 0 Å². The van der Waals surface area contributed by atoms with Crippen molar-refractivity contribution in [3.8, 4) is 0 Å². The van der Waals surface area contributed by atoms with Crippen molar-refractivity contribution in [1.29, 1.82) is 0 Å². The molecule has 0 atom stereocenters. The molecule has 1 aliphatic heterocycles. The Labute approximate surface area is 214 Å². The normalized spacial score (nSPS) is 14.1. The van der Waals surface area contributed by atoms with Crippen LogP contribution in [0.1, 0.15) is 58.1 Å². The number of nitrogens with zero attached hydrogens (tertiary/aromatic N) is 2. The molecule has 0 fully saturated rings. The molecule has 0 amide bonds. The minimum Gasteiger partial charge on any atom is -0.462 e. The molecule has 0 aromatic carbocycles. The highest BCUT2D eigenvalue weighted by Crippen LogP contribution is 2.35. The monoisotopic (exact) mass is 491 g/mol. The molecule has 1 aliphatic rings. The number of esters is 2. The van der Waals surface area contributed by atoms with Gasteiger partial charge in [0.2, 0.25) is 0 Å². The van der Waals surface area contributed by atoms with Crippen molar-refractivity contribution in [2.24, 2.45) is 11.8 Å². The molecular weight excluding hydrogens is 454 g/mol. The Balaban J connectivity index is 1.62. The molecule has 7 nitrogen and oxygen atoms in total. The van der Waals surface area contributed by atoms with Crippen molar-refractivity contribution in [2.45, 2.75) is 59.8 Å². The molecule has 36 heavy (non-hydrogen) atoms. The summed E-state index contributed by atoms with van der Waals surface area (Å²) in [6, 6.07) is 7.81. The van der Waals surface area contributed by atoms with Gasteiger partial charge in [-0.05, 0) is 75.1 Å². The van der Waals surface area contributed by atoms with Crippen molar-refractivity contribution >= 4 is 11.9 Å². The van der Waals surface area contributed by atoms with Crippen LogP contribution in [0.3, 0.4) is 0 Å². The summed E-state index contributed by atoms with van der Waals surface area (Å²) in [5.74, 6) is -0.865. The first-order chi connectivity index (χ1) is 17.4. The molecule has 0 spiro atoms. The first-order valence-electron chi connectivity index (χ1n) is 12.7. The van der Waals surface area contributed by atoms with E-state index in [9.17, 15) is 9.59 Å². The average molecular weight is 492 g/mol. The Hall–Kier alpha value is -3.48. The lowest BCUT2D eigenvalue weighted by molar-refractivity contribution is -0.140. The smallest absolute Gasteiger partial charge is 0.336 e. The van der Waals surface area contributed by atoms with Crippen LogP contribution in [-0.4, -0.2) is 35.1 Å². The number of aromatic nitrogens is 2. The van der Waals surface area contributed by atoms with E-state index >= 15 is 0 Å². The highest BCUT2D eigenvalue weighted by Gasteiger charge is 2.37. The number of pyridine rings is 2. The van der Waals surface area contributed by atoms with E-state index in [1.54, 1.807) is 12.4 Å². The van der Waals surface area contributed by atoms with E-state index in [0.717, 1.165) is 35.4 Å². The Bertz CT molecular complexity index is 997. The second kappa shape index (κ2) is 13.6. The van der Waals surface area contributed by atoms with Gasteiger partial charge in [0.15, 0.2) is 0 Å². The highest BCUT2D eigenvalue weighted by molar-refractivity contribution is 5.97. The molecule has 2 aromatic rings. The minimum absolute atomic E-state index is 0.274. The van der Waals surface area contributed by atoms with Crippen LogP contribution >= 0.6 is 0 Å². The molecule has 0 saturated heterocycles. The standard InChI is InChI=1S/C29H37N3O4/c1-20(2)17-25-26(28(33)35-15-7-11-23-9-5-13-30-18-23)21(3)32-22(4)27(25)29(34)36-16-8-12-24-10-6-14-31-19-24/h5-6,9-10,13-14,18-20,25,32H,7-8,11-12,15-17H2,1-4H3. The van der Waals surface area contributed by atoms with Gasteiger partial charge in [0, 0.05) is 42.1 Å². The third-order valence-electron chi connectivity index (χ3n) is 6.16. The second-order valence-electron chi connectivity index (χ2n) is 9.59. The molecule has 0 aliphatic carbocycles. The van der Waals surface area contributed by atoms with Crippen LogP contribution < -0.4 is 5.32 Å². The third-order valence-corrected chi connectivity index (χ3v) is 6.16. The maximum atomic E-state index is 13.2. The maximum absolute atomic E-state index is 13.2. The Morgan fingerprint density at radius 1 is 0.861 bits per heavy atom. The van der Waals surface area contributed by atoms with Crippen LogP contribution in [-0.2, 0) is 31.9 Å². The van der Waals surface area contributed by atoms with E-state index in [2.05, 4.69) is 29.1 Å². The third kappa shape index (κ3) is 7.77. The number of carbonyl (C=O) groups is 2. The zero-order valence-corrected chi connectivity index (χ0v) is 21.8. The number of nitrogens with one attached hydrogen (secondary N) is 1. The molecule has 1 N–H and O–H groups in total. The summed E-state index contributed by atoms with van der Waals surface area (Å²) < 4.78 is 11.3. The minimum atomic E-state index is -0.383. The van der Waals surface area contributed by atoms with E-state index in [1.165, 1.54) is 0 Å². The van der Waals surface area contributed by atoms with Gasteiger partial charge in [-0.3, -0.25) is 9.97 Å². The van der Waals surface area contributed by atoms with Crippen LogP contribution in [0.15, 0.2) is 71.6 Å². The van der Waals surface area contributed by atoms with E-state index < -0.39 is 0 Å². The molecule has 0 bridgehead atoms. The van der Waals surface area contributed by atoms with Gasteiger partial charge in [0.25, 0.3) is 0 Å². The van der Waals surface area contributed by atoms with Gasteiger partial charge in [0.05, 0.1) is 24.4 Å². The summed E-state index contributed by atoms with van der Waals surface area (Å²) in [7, 11) is 0. The first-order valence-corrected chi connectivity index (χ1v) is 12.7. The van der Waals surface area contributed by atoms with E-state index in [-0.39, 0.29) is 23.8 Å². The van der Waals surface area contributed by atoms with Gasteiger partial charge in [-0.25, -0.2) is 9.59 Å². The first kappa shape index (κ1) is 27.1. The molecule has 0 saturated carbocycles. The number of hydrogen-bond acceptors (Lipinski definition) is 7. The summed E-state index contributed by atoms with van der Waals surface area (Å²) in [6.07, 6.45) is 10.7. The lowest BCUT2D eigenvalue weighted by Gasteiger charge is -2.31. The zero-order chi connectivity index (χ0) is 25.9. The molecule has 2 aromatic heterocycles. The zero-order valence-electron chi connectivity index (χ0n) is 21.8. The molecule has 192 valence electrons. The van der Waals surface area contributed by atoms with Crippen molar-refractivity contribution in [3.05, 3.63) is 82.7 Å². The average Bonchev–Trinajstić information content (AvgIpc) is 2.85. The predicted molar refractivity (Wildman–Crippen MR) is 139 cm³/mol. The summed E-state index contributed by atoms with van der Waals surface area (Å²) in [6.45, 7) is 8.49. The molecule has 0 unspecified atom stereocenters. The summed E-state index contributed by atoms with van der Waals surface area (Å²) in [4.78, 5) is 34.6. The fourth-order valence-electron chi connectivity index (χ4n) is 4.51. The van der Waals surface area contributed by atoms with Gasteiger partial charge in [0.1, 0.15) is 0 Å².